The van der Waals surface area contributed by atoms with Gasteiger partial charge in [0.1, 0.15) is 5.82 Å². The molecule has 0 unspecified atom stereocenters. The molecule has 4 rings (SSSR count). The van der Waals surface area contributed by atoms with Gasteiger partial charge in [-0.3, -0.25) is 9.59 Å². The van der Waals surface area contributed by atoms with Gasteiger partial charge in [0.2, 0.25) is 5.91 Å². The Morgan fingerprint density at radius 1 is 1.00 bits per heavy atom. The molecule has 0 aromatic heterocycles. The first-order valence-corrected chi connectivity index (χ1v) is 10.5. The van der Waals surface area contributed by atoms with E-state index in [9.17, 15) is 14.0 Å². The molecule has 7 heteroatoms. The summed E-state index contributed by atoms with van der Waals surface area (Å²) in [6.45, 7) is 0.244. The molecule has 0 saturated carbocycles. The van der Waals surface area contributed by atoms with Crippen LogP contribution in [0, 0.1) is 5.82 Å². The van der Waals surface area contributed by atoms with Gasteiger partial charge in [-0.05, 0) is 47.0 Å². The summed E-state index contributed by atoms with van der Waals surface area (Å²) in [6.07, 6.45) is 0. The standard InChI is InChI=1S/C26H25FN2O4/c1-29-24(17-10-13-21(32-2)22(14-17)33-3)23(19-6-4-5-7-20(19)26(29)31)25(30)28-15-16-8-11-18(27)12-9-16/h4-14,23-24H,15H2,1-3H3,(H,28,30)/t23-,24-/m1/s1. The van der Waals surface area contributed by atoms with Gasteiger partial charge in [-0.25, -0.2) is 4.39 Å². The second-order valence-corrected chi connectivity index (χ2v) is 7.88. The molecule has 0 saturated heterocycles. The highest BCUT2D eigenvalue weighted by atomic mass is 19.1. The minimum absolute atomic E-state index is 0.159. The molecule has 2 amide bonds. The average molecular weight is 448 g/mol. The zero-order valence-corrected chi connectivity index (χ0v) is 18.7. The van der Waals surface area contributed by atoms with Crippen molar-refractivity contribution in [1.82, 2.24) is 10.2 Å². The highest BCUT2D eigenvalue weighted by molar-refractivity contribution is 6.01. The summed E-state index contributed by atoms with van der Waals surface area (Å²) in [5, 5.41) is 2.96. The van der Waals surface area contributed by atoms with Crippen molar-refractivity contribution in [2.24, 2.45) is 0 Å². The number of hydrogen-bond donors (Lipinski definition) is 1. The van der Waals surface area contributed by atoms with E-state index in [-0.39, 0.29) is 24.2 Å². The predicted octanol–water partition coefficient (Wildman–Crippen LogP) is 4.07. The Hall–Kier alpha value is -3.87. The van der Waals surface area contributed by atoms with Crippen molar-refractivity contribution < 1.29 is 23.5 Å². The minimum Gasteiger partial charge on any atom is -0.493 e. The molecule has 0 aliphatic carbocycles. The van der Waals surface area contributed by atoms with Crippen LogP contribution >= 0.6 is 0 Å². The average Bonchev–Trinajstić information content (AvgIpc) is 2.85. The van der Waals surface area contributed by atoms with E-state index >= 15 is 0 Å². The number of rotatable bonds is 6. The summed E-state index contributed by atoms with van der Waals surface area (Å²) in [5.74, 6) is -0.301. The second-order valence-electron chi connectivity index (χ2n) is 7.88. The van der Waals surface area contributed by atoms with Crippen LogP contribution in [0.3, 0.4) is 0 Å². The number of likely N-dealkylation sites (N-methyl/N-ethyl adjacent to an activating group) is 1. The molecule has 0 fully saturated rings. The van der Waals surface area contributed by atoms with Crippen molar-refractivity contribution in [1.29, 1.82) is 0 Å². The molecule has 0 radical (unpaired) electrons. The fourth-order valence-electron chi connectivity index (χ4n) is 4.31. The summed E-state index contributed by atoms with van der Waals surface area (Å²) in [4.78, 5) is 28.3. The summed E-state index contributed by atoms with van der Waals surface area (Å²) in [7, 11) is 4.79. The number of nitrogens with zero attached hydrogens (tertiary/aromatic N) is 1. The van der Waals surface area contributed by atoms with E-state index in [2.05, 4.69) is 5.32 Å². The Morgan fingerprint density at radius 3 is 2.39 bits per heavy atom. The second kappa shape index (κ2) is 9.32. The zero-order chi connectivity index (χ0) is 23.5. The van der Waals surface area contributed by atoms with Crippen LogP contribution in [-0.4, -0.2) is 38.0 Å². The molecule has 2 atom stereocenters. The third-order valence-electron chi connectivity index (χ3n) is 5.99. The van der Waals surface area contributed by atoms with Crippen molar-refractivity contribution in [3.8, 4) is 11.5 Å². The van der Waals surface area contributed by atoms with E-state index in [0.717, 1.165) is 11.1 Å². The van der Waals surface area contributed by atoms with Gasteiger partial charge < -0.3 is 19.7 Å². The molecule has 1 aliphatic rings. The fraction of sp³-hybridized carbons (Fsp3) is 0.231. The van der Waals surface area contributed by atoms with E-state index in [1.54, 1.807) is 62.6 Å². The number of fused-ring (bicyclic) bond motifs is 1. The topological polar surface area (TPSA) is 67.9 Å². The quantitative estimate of drug-likeness (QED) is 0.617. The molecule has 1 aliphatic heterocycles. The molecular weight excluding hydrogens is 423 g/mol. The summed E-state index contributed by atoms with van der Waals surface area (Å²) in [6, 6.07) is 18.0. The number of benzene rings is 3. The minimum atomic E-state index is -0.651. The van der Waals surface area contributed by atoms with Crippen LogP contribution < -0.4 is 14.8 Å². The molecule has 0 spiro atoms. The SMILES string of the molecule is COc1ccc([C@@H]2[C@H](C(=O)NCc3ccc(F)cc3)c3ccccc3C(=O)N2C)cc1OC. The lowest BCUT2D eigenvalue weighted by Crippen LogP contribution is -2.45. The lowest BCUT2D eigenvalue weighted by atomic mass is 9.79. The van der Waals surface area contributed by atoms with Crippen LogP contribution in [-0.2, 0) is 11.3 Å². The molecule has 6 nitrogen and oxygen atoms in total. The summed E-state index contributed by atoms with van der Waals surface area (Å²) >= 11 is 0. The van der Waals surface area contributed by atoms with Crippen molar-refractivity contribution >= 4 is 11.8 Å². The van der Waals surface area contributed by atoms with Crippen LogP contribution in [0.4, 0.5) is 4.39 Å². The van der Waals surface area contributed by atoms with Crippen LogP contribution in [0.25, 0.3) is 0 Å². The third-order valence-corrected chi connectivity index (χ3v) is 5.99. The van der Waals surface area contributed by atoms with Gasteiger partial charge in [0.25, 0.3) is 5.91 Å². The first-order chi connectivity index (χ1) is 15.9. The number of carbonyl (C=O) groups is 2. The van der Waals surface area contributed by atoms with Crippen molar-refractivity contribution in [2.45, 2.75) is 18.5 Å². The highest BCUT2D eigenvalue weighted by Gasteiger charge is 2.42. The Labute approximate surface area is 191 Å². The van der Waals surface area contributed by atoms with Crippen molar-refractivity contribution in [2.75, 3.05) is 21.3 Å². The van der Waals surface area contributed by atoms with Gasteiger partial charge in [0.15, 0.2) is 11.5 Å². The Morgan fingerprint density at radius 2 is 1.70 bits per heavy atom. The molecule has 3 aromatic rings. The lowest BCUT2D eigenvalue weighted by molar-refractivity contribution is -0.124. The third kappa shape index (κ3) is 4.26. The highest BCUT2D eigenvalue weighted by Crippen LogP contribution is 2.44. The Bertz CT molecular complexity index is 1180. The molecule has 1 heterocycles. The number of carbonyl (C=O) groups excluding carboxylic acids is 2. The normalized spacial score (nSPS) is 17.3. The van der Waals surface area contributed by atoms with E-state index in [4.69, 9.17) is 9.47 Å². The predicted molar refractivity (Wildman–Crippen MR) is 122 cm³/mol. The lowest BCUT2D eigenvalue weighted by Gasteiger charge is -2.40. The summed E-state index contributed by atoms with van der Waals surface area (Å²) < 4.78 is 24.0. The molecule has 3 aromatic carbocycles. The van der Waals surface area contributed by atoms with Crippen LogP contribution in [0.5, 0.6) is 11.5 Å². The van der Waals surface area contributed by atoms with E-state index in [0.29, 0.717) is 22.6 Å². The molecule has 0 bridgehead atoms. The van der Waals surface area contributed by atoms with Gasteiger partial charge in [-0.15, -0.1) is 0 Å². The van der Waals surface area contributed by atoms with Gasteiger partial charge in [-0.2, -0.15) is 0 Å². The number of amides is 2. The maximum Gasteiger partial charge on any atom is 0.254 e. The Kier molecular flexibility index (Phi) is 6.31. The van der Waals surface area contributed by atoms with Gasteiger partial charge in [-0.1, -0.05) is 36.4 Å². The molecule has 1 N–H and O–H groups in total. The number of nitrogens with one attached hydrogen (secondary N) is 1. The largest absolute Gasteiger partial charge is 0.493 e. The first-order valence-electron chi connectivity index (χ1n) is 10.5. The summed E-state index contributed by atoms with van der Waals surface area (Å²) in [5.41, 5.74) is 2.69. The van der Waals surface area contributed by atoms with Crippen molar-refractivity contribution in [3.05, 3.63) is 94.8 Å². The Balaban J connectivity index is 1.74. The van der Waals surface area contributed by atoms with Crippen LogP contribution in [0.15, 0.2) is 66.7 Å². The maximum absolute atomic E-state index is 13.5. The molecular formula is C26H25FN2O4. The van der Waals surface area contributed by atoms with E-state index in [1.165, 1.54) is 12.1 Å². The van der Waals surface area contributed by atoms with E-state index < -0.39 is 12.0 Å². The fourth-order valence-corrected chi connectivity index (χ4v) is 4.31. The van der Waals surface area contributed by atoms with E-state index in [1.807, 2.05) is 18.2 Å². The van der Waals surface area contributed by atoms with Gasteiger partial charge in [0, 0.05) is 19.2 Å². The number of hydrogen-bond acceptors (Lipinski definition) is 4. The maximum atomic E-state index is 13.5. The smallest absolute Gasteiger partial charge is 0.254 e. The first kappa shape index (κ1) is 22.3. The van der Waals surface area contributed by atoms with Crippen molar-refractivity contribution in [3.63, 3.8) is 0 Å². The molecule has 33 heavy (non-hydrogen) atoms. The number of methoxy groups -OCH3 is 2. The van der Waals surface area contributed by atoms with Crippen LogP contribution in [0.2, 0.25) is 0 Å². The number of halogens is 1. The zero-order valence-electron chi connectivity index (χ0n) is 18.7. The molecule has 170 valence electrons. The number of ether oxygens (including phenoxy) is 2. The van der Waals surface area contributed by atoms with Crippen LogP contribution in [0.1, 0.15) is 39.0 Å². The van der Waals surface area contributed by atoms with Gasteiger partial charge in [0.05, 0.1) is 26.2 Å². The monoisotopic (exact) mass is 448 g/mol. The van der Waals surface area contributed by atoms with Gasteiger partial charge >= 0.3 is 0 Å².